The Balaban J connectivity index is 2.34. The lowest BCUT2D eigenvalue weighted by Crippen LogP contribution is -2.14. The van der Waals surface area contributed by atoms with Crippen LogP contribution in [0.3, 0.4) is 0 Å². The third kappa shape index (κ3) is 3.47. The molecule has 0 aliphatic heterocycles. The van der Waals surface area contributed by atoms with Crippen molar-refractivity contribution < 1.29 is 4.74 Å². The minimum absolute atomic E-state index is 0.287. The van der Waals surface area contributed by atoms with E-state index in [-0.39, 0.29) is 6.04 Å². The van der Waals surface area contributed by atoms with Crippen molar-refractivity contribution in [3.05, 3.63) is 42.0 Å². The third-order valence-corrected chi connectivity index (χ3v) is 4.25. The maximum Gasteiger partial charge on any atom is 0.131 e. The maximum atomic E-state index is 6.12. The van der Waals surface area contributed by atoms with Crippen molar-refractivity contribution in [1.29, 1.82) is 0 Å². The second-order valence-electron chi connectivity index (χ2n) is 4.91. The van der Waals surface area contributed by atoms with Gasteiger partial charge in [0.1, 0.15) is 5.75 Å². The third-order valence-electron chi connectivity index (χ3n) is 3.55. The molecule has 0 radical (unpaired) electrons. The van der Waals surface area contributed by atoms with Gasteiger partial charge in [0.15, 0.2) is 0 Å². The van der Waals surface area contributed by atoms with Gasteiger partial charge in [0, 0.05) is 17.0 Å². The molecule has 2 rings (SSSR count). The number of benzene rings is 2. The summed E-state index contributed by atoms with van der Waals surface area (Å²) in [7, 11) is 1.98. The maximum absolute atomic E-state index is 6.12. The topological polar surface area (TPSA) is 21.3 Å². The average Bonchev–Trinajstić information content (AvgIpc) is 2.50. The summed E-state index contributed by atoms with van der Waals surface area (Å²) in [4.78, 5) is 0. The van der Waals surface area contributed by atoms with Crippen molar-refractivity contribution in [2.45, 2.75) is 19.4 Å². The first-order valence-corrected chi connectivity index (χ1v) is 8.48. The first-order valence-electron chi connectivity index (χ1n) is 7.08. The van der Waals surface area contributed by atoms with E-state index in [4.69, 9.17) is 4.74 Å². The molecular weight excluding hydrogens is 266 g/mol. The fraction of sp³-hybridized carbons (Fsp3) is 0.412. The Bertz CT molecular complexity index is 556. The first-order chi connectivity index (χ1) is 9.77. The van der Waals surface area contributed by atoms with Crippen LogP contribution in [-0.2, 0) is 0 Å². The molecule has 2 nitrogen and oxygen atoms in total. The van der Waals surface area contributed by atoms with Gasteiger partial charge in [0.05, 0.1) is 6.61 Å². The second kappa shape index (κ2) is 7.55. The monoisotopic (exact) mass is 289 g/mol. The summed E-state index contributed by atoms with van der Waals surface area (Å²) >= 11 is 1.86. The average molecular weight is 289 g/mol. The van der Waals surface area contributed by atoms with E-state index >= 15 is 0 Å². The van der Waals surface area contributed by atoms with E-state index in [2.05, 4.69) is 54.9 Å². The van der Waals surface area contributed by atoms with Crippen LogP contribution in [0.5, 0.6) is 5.75 Å². The highest BCUT2D eigenvalue weighted by Crippen LogP contribution is 2.33. The minimum atomic E-state index is 0.287. The first kappa shape index (κ1) is 15.2. The van der Waals surface area contributed by atoms with Gasteiger partial charge in [-0.25, -0.2) is 0 Å². The van der Waals surface area contributed by atoms with Crippen LogP contribution in [0, 0.1) is 0 Å². The van der Waals surface area contributed by atoms with Crippen LogP contribution >= 0.6 is 11.8 Å². The second-order valence-corrected chi connectivity index (χ2v) is 5.90. The van der Waals surface area contributed by atoms with E-state index < -0.39 is 0 Å². The fourth-order valence-electron chi connectivity index (χ4n) is 2.29. The minimum Gasteiger partial charge on any atom is -0.493 e. The lowest BCUT2D eigenvalue weighted by atomic mass is 10.0. The van der Waals surface area contributed by atoms with Crippen LogP contribution in [0.4, 0.5) is 0 Å². The number of hydrogen-bond donors (Lipinski definition) is 1. The molecule has 1 N–H and O–H groups in total. The molecule has 3 heteroatoms. The summed E-state index contributed by atoms with van der Waals surface area (Å²) in [5, 5.41) is 5.74. The molecular formula is C17H23NOS. The molecule has 1 unspecified atom stereocenters. The van der Waals surface area contributed by atoms with Crippen LogP contribution in [-0.4, -0.2) is 25.7 Å². The van der Waals surface area contributed by atoms with Gasteiger partial charge in [-0.2, -0.15) is 11.8 Å². The van der Waals surface area contributed by atoms with Crippen molar-refractivity contribution in [2.24, 2.45) is 0 Å². The summed E-state index contributed by atoms with van der Waals surface area (Å²) in [5.41, 5.74) is 1.23. The zero-order valence-electron chi connectivity index (χ0n) is 12.5. The van der Waals surface area contributed by atoms with Crippen molar-refractivity contribution in [2.75, 3.05) is 25.7 Å². The summed E-state index contributed by atoms with van der Waals surface area (Å²) in [6, 6.07) is 13.1. The van der Waals surface area contributed by atoms with Crippen molar-refractivity contribution in [1.82, 2.24) is 5.32 Å². The van der Waals surface area contributed by atoms with Gasteiger partial charge in [-0.05, 0) is 37.8 Å². The lowest BCUT2D eigenvalue weighted by molar-refractivity contribution is 0.316. The van der Waals surface area contributed by atoms with Gasteiger partial charge in [-0.15, -0.1) is 0 Å². The predicted molar refractivity (Wildman–Crippen MR) is 89.9 cm³/mol. The summed E-state index contributed by atoms with van der Waals surface area (Å²) in [6.07, 6.45) is 3.21. The van der Waals surface area contributed by atoms with Crippen LogP contribution < -0.4 is 10.1 Å². The Morgan fingerprint density at radius 1 is 1.20 bits per heavy atom. The van der Waals surface area contributed by atoms with Crippen LogP contribution in [0.15, 0.2) is 36.4 Å². The van der Waals surface area contributed by atoms with E-state index in [1.54, 1.807) is 0 Å². The Kier molecular flexibility index (Phi) is 5.74. The van der Waals surface area contributed by atoms with E-state index in [0.29, 0.717) is 0 Å². The highest BCUT2D eigenvalue weighted by atomic mass is 32.2. The highest BCUT2D eigenvalue weighted by Gasteiger charge is 2.13. The molecule has 0 amide bonds. The van der Waals surface area contributed by atoms with Crippen LogP contribution in [0.25, 0.3) is 10.8 Å². The smallest absolute Gasteiger partial charge is 0.131 e. The molecule has 0 aliphatic rings. The summed E-state index contributed by atoms with van der Waals surface area (Å²) < 4.78 is 6.12. The van der Waals surface area contributed by atoms with Crippen molar-refractivity contribution in [3.63, 3.8) is 0 Å². The fourth-order valence-corrected chi connectivity index (χ4v) is 2.70. The number of nitrogens with one attached hydrogen (secondary N) is 1. The molecule has 0 heterocycles. The van der Waals surface area contributed by atoms with Crippen molar-refractivity contribution >= 4 is 22.5 Å². The predicted octanol–water partition coefficient (Wildman–Crippen LogP) is 4.25. The van der Waals surface area contributed by atoms with Gasteiger partial charge < -0.3 is 10.1 Å². The van der Waals surface area contributed by atoms with E-state index in [1.165, 1.54) is 16.3 Å². The molecule has 0 spiro atoms. The molecule has 20 heavy (non-hydrogen) atoms. The van der Waals surface area contributed by atoms with Crippen LogP contribution in [0.2, 0.25) is 0 Å². The van der Waals surface area contributed by atoms with Gasteiger partial charge in [-0.1, -0.05) is 36.4 Å². The van der Waals surface area contributed by atoms with E-state index in [0.717, 1.165) is 24.5 Å². The highest BCUT2D eigenvalue weighted by molar-refractivity contribution is 7.98. The van der Waals surface area contributed by atoms with Gasteiger partial charge >= 0.3 is 0 Å². The Morgan fingerprint density at radius 3 is 2.75 bits per heavy atom. The zero-order valence-corrected chi connectivity index (χ0v) is 13.3. The number of ether oxygens (including phenoxy) is 1. The zero-order chi connectivity index (χ0) is 14.4. The molecule has 0 bridgehead atoms. The molecule has 2 aromatic carbocycles. The number of thioether (sulfide) groups is 1. The molecule has 0 saturated carbocycles. The molecule has 108 valence electrons. The van der Waals surface area contributed by atoms with E-state index in [1.807, 2.05) is 18.8 Å². The van der Waals surface area contributed by atoms with Gasteiger partial charge in [-0.3, -0.25) is 0 Å². The van der Waals surface area contributed by atoms with Crippen LogP contribution in [0.1, 0.15) is 24.9 Å². The van der Waals surface area contributed by atoms with E-state index in [9.17, 15) is 0 Å². The molecule has 0 aliphatic carbocycles. The quantitative estimate of drug-likeness (QED) is 0.770. The molecule has 0 aromatic heterocycles. The molecule has 0 fully saturated rings. The summed E-state index contributed by atoms with van der Waals surface area (Å²) in [5.74, 6) is 2.17. The number of rotatable bonds is 7. The normalized spacial score (nSPS) is 12.6. The molecule has 1 atom stereocenters. The molecule has 2 aromatic rings. The van der Waals surface area contributed by atoms with Crippen molar-refractivity contribution in [3.8, 4) is 5.75 Å². The van der Waals surface area contributed by atoms with Gasteiger partial charge in [0.25, 0.3) is 0 Å². The number of hydrogen-bond acceptors (Lipinski definition) is 3. The summed E-state index contributed by atoms with van der Waals surface area (Å²) in [6.45, 7) is 2.94. The largest absolute Gasteiger partial charge is 0.493 e. The SMILES string of the molecule is CNC(C)c1ccc2ccccc2c1OCCCSC. The standard InChI is InChI=1S/C17H23NOS/c1-13(18-2)15-10-9-14-7-4-5-8-16(14)17(15)19-11-6-12-20-3/h4-5,7-10,13,18H,6,11-12H2,1-3H3. The Morgan fingerprint density at radius 2 is 2.00 bits per heavy atom. The Hall–Kier alpha value is -1.19. The Labute approximate surface area is 125 Å². The number of fused-ring (bicyclic) bond motifs is 1. The lowest BCUT2D eigenvalue weighted by Gasteiger charge is -2.18. The molecule has 0 saturated heterocycles. The van der Waals surface area contributed by atoms with Gasteiger partial charge in [0.2, 0.25) is 0 Å².